The van der Waals surface area contributed by atoms with Crippen molar-refractivity contribution in [3.05, 3.63) is 118 Å². The number of nitrogens with zero attached hydrogens (tertiary/aromatic N) is 9. The highest BCUT2D eigenvalue weighted by Gasteiger charge is 2.47. The Bertz CT molecular complexity index is 3340. The Kier molecular flexibility index (Phi) is 17.2. The van der Waals surface area contributed by atoms with Crippen LogP contribution in [0.4, 0.5) is 5.95 Å². The Hall–Kier alpha value is -6.07. The van der Waals surface area contributed by atoms with Gasteiger partial charge in [-0.2, -0.15) is 4.98 Å². The van der Waals surface area contributed by atoms with Crippen molar-refractivity contribution < 1.29 is 46.7 Å². The third-order valence-electron chi connectivity index (χ3n) is 12.7. The van der Waals surface area contributed by atoms with E-state index in [2.05, 4.69) is 35.6 Å². The topological polar surface area (TPSA) is 334 Å². The molecule has 7 heterocycles. The van der Waals surface area contributed by atoms with Crippen LogP contribution in [0.3, 0.4) is 0 Å². The molecule has 1 amide bonds. The lowest BCUT2D eigenvalue weighted by atomic mass is 10.2. The molecule has 5 aromatic rings. The molecule has 4 aromatic heterocycles. The van der Waals surface area contributed by atoms with Gasteiger partial charge in [-0.3, -0.25) is 62.3 Å². The summed E-state index contributed by atoms with van der Waals surface area (Å²) >= 11 is 0. The number of aryl methyl sites for hydroxylation is 2. The van der Waals surface area contributed by atoms with E-state index >= 15 is 9.13 Å². The number of H-pyrrole nitrogens is 3. The number of anilines is 1. The number of morpholine rings is 3. The number of carbonyl (C=O) groups excluding carboxylic acids is 2. The minimum Gasteiger partial charge on any atom is -0.459 e. The van der Waals surface area contributed by atoms with Crippen LogP contribution >= 0.6 is 15.3 Å². The van der Waals surface area contributed by atoms with Crippen LogP contribution < -0.4 is 38.7 Å². The second kappa shape index (κ2) is 23.3. The first kappa shape index (κ1) is 56.1. The quantitative estimate of drug-likeness (QED) is 0.0591. The Morgan fingerprint density at radius 2 is 1.24 bits per heavy atom. The maximum Gasteiger partial charge on any atom is 0.345 e. The number of imidazole rings is 1. The molecule has 0 radical (unpaired) electrons. The van der Waals surface area contributed by atoms with E-state index in [0.717, 1.165) is 4.57 Å². The molecule has 3 saturated heterocycles. The molecule has 412 valence electrons. The summed E-state index contributed by atoms with van der Waals surface area (Å²) in [6.07, 6.45) is -1.99. The molecule has 76 heavy (non-hydrogen) atoms. The third kappa shape index (κ3) is 12.2. The van der Waals surface area contributed by atoms with Gasteiger partial charge in [-0.25, -0.2) is 38.0 Å². The second-order valence-corrected chi connectivity index (χ2v) is 24.3. The number of rotatable bonds is 18. The summed E-state index contributed by atoms with van der Waals surface area (Å²) in [4.78, 5) is 106. The van der Waals surface area contributed by atoms with Crippen molar-refractivity contribution in [2.24, 2.45) is 5.92 Å². The minimum absolute atomic E-state index is 0.000417. The van der Waals surface area contributed by atoms with Crippen molar-refractivity contribution >= 4 is 44.3 Å². The molecule has 8 atom stereocenters. The zero-order chi connectivity index (χ0) is 54.8. The highest BCUT2D eigenvalue weighted by molar-refractivity contribution is 7.54. The van der Waals surface area contributed by atoms with Crippen molar-refractivity contribution in [1.82, 2.24) is 62.6 Å². The van der Waals surface area contributed by atoms with E-state index in [0.29, 0.717) is 5.56 Å². The first-order valence-electron chi connectivity index (χ1n) is 24.2. The molecule has 0 unspecified atom stereocenters. The van der Waals surface area contributed by atoms with Gasteiger partial charge in [0.2, 0.25) is 11.9 Å². The predicted molar refractivity (Wildman–Crippen MR) is 273 cm³/mol. The number of amides is 1. The maximum atomic E-state index is 15.6. The highest BCUT2D eigenvalue weighted by Crippen LogP contribution is 2.57. The number of benzene rings is 1. The Morgan fingerprint density at radius 3 is 1.80 bits per heavy atom. The van der Waals surface area contributed by atoms with Gasteiger partial charge >= 0.3 is 32.7 Å². The van der Waals surface area contributed by atoms with Crippen molar-refractivity contribution in [3.63, 3.8) is 0 Å². The molecule has 8 rings (SSSR count). The Morgan fingerprint density at radius 1 is 0.711 bits per heavy atom. The van der Waals surface area contributed by atoms with E-state index in [9.17, 15) is 33.6 Å². The lowest BCUT2D eigenvalue weighted by Crippen LogP contribution is -2.51. The molecule has 1 aromatic carbocycles. The van der Waals surface area contributed by atoms with Gasteiger partial charge in [-0.1, -0.05) is 32.0 Å². The van der Waals surface area contributed by atoms with E-state index in [-0.39, 0.29) is 80.7 Å². The van der Waals surface area contributed by atoms with Gasteiger partial charge in [0.05, 0.1) is 50.4 Å². The highest BCUT2D eigenvalue weighted by atomic mass is 31.2. The number of hydrogen-bond donors (Lipinski definition) is 5. The van der Waals surface area contributed by atoms with Gasteiger partial charge < -0.3 is 33.3 Å². The number of aromatic amines is 3. The van der Waals surface area contributed by atoms with Gasteiger partial charge in [-0.15, -0.1) is 0 Å². The van der Waals surface area contributed by atoms with E-state index in [1.807, 2.05) is 0 Å². The van der Waals surface area contributed by atoms with Crippen LogP contribution in [0.2, 0.25) is 0 Å². The molecule has 29 nitrogen and oxygen atoms in total. The molecule has 0 aliphatic carbocycles. The van der Waals surface area contributed by atoms with Gasteiger partial charge in [-0.05, 0) is 54.2 Å². The van der Waals surface area contributed by atoms with E-state index in [1.54, 1.807) is 65.2 Å². The molecular formula is C45H62N14O15P2. The van der Waals surface area contributed by atoms with Crippen molar-refractivity contribution in [2.75, 3.05) is 92.6 Å². The van der Waals surface area contributed by atoms with Gasteiger partial charge in [0.1, 0.15) is 18.9 Å². The van der Waals surface area contributed by atoms with Crippen molar-refractivity contribution in [3.8, 4) is 0 Å². The summed E-state index contributed by atoms with van der Waals surface area (Å²) in [7, 11) is -2.18. The number of carbonyl (C=O) groups is 2. The molecule has 0 bridgehead atoms. The average Bonchev–Trinajstić information content (AvgIpc) is 3.84. The van der Waals surface area contributed by atoms with Crippen LogP contribution in [-0.2, 0) is 41.9 Å². The van der Waals surface area contributed by atoms with E-state index < -0.39 is 105 Å². The average molecular weight is 1100 g/mol. The van der Waals surface area contributed by atoms with E-state index in [4.69, 9.17) is 28.0 Å². The first-order valence-corrected chi connectivity index (χ1v) is 27.3. The lowest BCUT2D eigenvalue weighted by molar-refractivity contribution is -0.129. The summed E-state index contributed by atoms with van der Waals surface area (Å²) in [6, 6.07) is 8.25. The smallest absolute Gasteiger partial charge is 0.345 e. The zero-order valence-electron chi connectivity index (χ0n) is 43.1. The van der Waals surface area contributed by atoms with E-state index in [1.165, 1.54) is 67.6 Å². The van der Waals surface area contributed by atoms with Crippen LogP contribution in [0.15, 0.2) is 73.0 Å². The fourth-order valence-corrected chi connectivity index (χ4v) is 12.6. The SMILES string of the molecule is Cc1cn([C@H]2CNC[C@@H](CO[P@@](=O)(N(C)C)N3C[C@@H](CO[P@@](=O)(N(C)C)N4C[C@@H](COC(=O)c5ccccc5)O[C@@H](n5cc(C)c(=O)[nH]c5=O)C4)O[C@@H](n4cnc5c(=O)[nH]c(NC(=O)C(C)C)nc54)C3)O2)c(=O)[nH]c1=O. The number of hydrogen-bond acceptors (Lipinski definition) is 18. The fraction of sp³-hybridized carbons (Fsp3) is 0.533. The van der Waals surface area contributed by atoms with Crippen molar-refractivity contribution in [1.29, 1.82) is 0 Å². The monoisotopic (exact) mass is 1100 g/mol. The Labute approximate surface area is 433 Å². The Balaban J connectivity index is 1.10. The fourth-order valence-electron chi connectivity index (χ4n) is 8.59. The number of nitrogens with one attached hydrogen (secondary N) is 5. The molecule has 0 spiro atoms. The normalized spacial score (nSPS) is 23.4. The van der Waals surface area contributed by atoms with Crippen LogP contribution in [-0.4, -0.2) is 175 Å². The number of esters is 1. The number of fused-ring (bicyclic) bond motifs is 1. The largest absolute Gasteiger partial charge is 0.459 e. The van der Waals surface area contributed by atoms with Gasteiger partial charge in [0.15, 0.2) is 23.6 Å². The lowest BCUT2D eigenvalue weighted by Gasteiger charge is -2.45. The number of aromatic nitrogens is 8. The van der Waals surface area contributed by atoms with Crippen LogP contribution in [0, 0.1) is 19.8 Å². The van der Waals surface area contributed by atoms with Crippen LogP contribution in [0.1, 0.15) is 54.0 Å². The van der Waals surface area contributed by atoms with Gasteiger partial charge in [0.25, 0.3) is 16.7 Å². The standard InChI is InChI=1S/C45H62N14O15P2/c1-26(2)38(60)49-43-48-37-36(41(63)50-43)47-25-59(37)35-21-56(75(67,53(5)6)70-23-30-14-46-15-33(72-30)57-16-27(3)39(61)51-44(57)65)19-32(74-35)24-71-76(68,54(7)8)55-18-31(22-69-42(64)29-12-10-9-11-13-29)73-34(20-55)58-17-28(4)40(62)52-45(58)66/h9-13,16-17,25-26,30-35,46H,14-15,18-24H2,1-8H3,(H,51,61,65)(H,52,62,66)(H2,48,49,50,60,63)/t30-,31-,32-,33+,34+,35+,75-,76-/m0/s1. The van der Waals surface area contributed by atoms with Crippen LogP contribution in [0.5, 0.6) is 0 Å². The molecule has 5 N–H and O–H groups in total. The van der Waals surface area contributed by atoms with Crippen LogP contribution in [0.25, 0.3) is 11.2 Å². The number of ether oxygens (including phenoxy) is 4. The summed E-state index contributed by atoms with van der Waals surface area (Å²) < 4.78 is 78.3. The molecule has 3 aliphatic heterocycles. The molecule has 31 heteroatoms. The molecule has 3 fully saturated rings. The second-order valence-electron chi connectivity index (χ2n) is 19.1. The molecular weight excluding hydrogens is 1040 g/mol. The summed E-state index contributed by atoms with van der Waals surface area (Å²) in [5.74, 6) is -1.69. The maximum absolute atomic E-state index is 15.6. The zero-order valence-corrected chi connectivity index (χ0v) is 44.9. The van der Waals surface area contributed by atoms with Crippen molar-refractivity contribution in [2.45, 2.75) is 64.7 Å². The summed E-state index contributed by atoms with van der Waals surface area (Å²) in [5, 5.41) is 5.79. The molecule has 3 aliphatic rings. The third-order valence-corrected chi connectivity index (χ3v) is 17.8. The summed E-state index contributed by atoms with van der Waals surface area (Å²) in [5.41, 5.74) is -2.63. The molecule has 0 saturated carbocycles. The summed E-state index contributed by atoms with van der Waals surface area (Å²) in [6.45, 7) is 5.13. The predicted octanol–water partition coefficient (Wildman–Crippen LogP) is 0.547. The van der Waals surface area contributed by atoms with Gasteiger partial charge in [0, 0.05) is 55.6 Å². The first-order chi connectivity index (χ1) is 36.0. The minimum atomic E-state index is -4.21.